The zero-order valence-corrected chi connectivity index (χ0v) is 15.7. The fourth-order valence-corrected chi connectivity index (χ4v) is 3.71. The van der Waals surface area contributed by atoms with Crippen molar-refractivity contribution in [2.45, 2.75) is 30.8 Å². The van der Waals surface area contributed by atoms with Crippen LogP contribution < -0.4 is 20.3 Å². The van der Waals surface area contributed by atoms with Gasteiger partial charge in [-0.1, -0.05) is 24.8 Å². The topological polar surface area (TPSA) is 93.3 Å². The average Bonchev–Trinajstić information content (AvgIpc) is 2.64. The normalized spacial score (nSPS) is 16.0. The second kappa shape index (κ2) is 7.82. The van der Waals surface area contributed by atoms with Crippen LogP contribution in [0, 0.1) is 0 Å². The van der Waals surface area contributed by atoms with E-state index in [1.165, 1.54) is 11.8 Å². The van der Waals surface area contributed by atoms with Crippen molar-refractivity contribution in [2.24, 2.45) is 0 Å². The second-order valence-electron chi connectivity index (χ2n) is 5.89. The molecule has 1 aliphatic heterocycles. The number of fused-ring (bicyclic) bond motifs is 1. The van der Waals surface area contributed by atoms with E-state index in [9.17, 15) is 9.59 Å². The van der Waals surface area contributed by atoms with Crippen molar-refractivity contribution in [3.05, 3.63) is 39.7 Å². The lowest BCUT2D eigenvalue weighted by Gasteiger charge is -2.26. The fourth-order valence-electron chi connectivity index (χ4n) is 2.99. The minimum atomic E-state index is -0.430. The number of aromatic amines is 1. The van der Waals surface area contributed by atoms with E-state index >= 15 is 0 Å². The molecule has 7 nitrogen and oxygen atoms in total. The third-order valence-corrected chi connectivity index (χ3v) is 5.27. The molecule has 2 heterocycles. The largest absolute Gasteiger partial charge is 0.497 e. The van der Waals surface area contributed by atoms with Gasteiger partial charge in [-0.25, -0.2) is 4.98 Å². The molecule has 0 spiro atoms. The van der Waals surface area contributed by atoms with E-state index in [0.717, 1.165) is 17.7 Å². The molecule has 0 aliphatic carbocycles. The van der Waals surface area contributed by atoms with Gasteiger partial charge in [-0.15, -0.1) is 0 Å². The van der Waals surface area contributed by atoms with Gasteiger partial charge in [0, 0.05) is 29.7 Å². The smallest absolute Gasteiger partial charge is 0.257 e. The highest BCUT2D eigenvalue weighted by atomic mass is 32.2. The van der Waals surface area contributed by atoms with E-state index in [2.05, 4.69) is 22.2 Å². The first-order chi connectivity index (χ1) is 12.6. The maximum absolute atomic E-state index is 12.7. The van der Waals surface area contributed by atoms with Crippen molar-refractivity contribution in [3.8, 4) is 11.5 Å². The number of nitrogens with zero attached hydrogens (tertiary/aromatic N) is 1. The second-order valence-corrected chi connectivity index (χ2v) is 6.98. The zero-order valence-electron chi connectivity index (χ0n) is 14.9. The van der Waals surface area contributed by atoms with Gasteiger partial charge in [0.1, 0.15) is 17.3 Å². The fraction of sp³-hybridized carbons (Fsp3) is 0.389. The number of thioether (sulfide) groups is 1. The molecule has 2 N–H and O–H groups in total. The van der Waals surface area contributed by atoms with Gasteiger partial charge < -0.3 is 19.8 Å². The van der Waals surface area contributed by atoms with Crippen LogP contribution >= 0.6 is 11.8 Å². The van der Waals surface area contributed by atoms with Gasteiger partial charge in [-0.2, -0.15) is 0 Å². The van der Waals surface area contributed by atoms with Gasteiger partial charge in [-0.3, -0.25) is 9.59 Å². The highest BCUT2D eigenvalue weighted by Gasteiger charge is 2.32. The number of hydrogen-bond acceptors (Lipinski definition) is 6. The van der Waals surface area contributed by atoms with Crippen molar-refractivity contribution in [1.29, 1.82) is 0 Å². The molecule has 2 aromatic rings. The number of aromatic nitrogens is 2. The first-order valence-corrected chi connectivity index (χ1v) is 9.34. The molecule has 0 bridgehead atoms. The zero-order chi connectivity index (χ0) is 18.7. The van der Waals surface area contributed by atoms with Gasteiger partial charge in [0.2, 0.25) is 5.91 Å². The van der Waals surface area contributed by atoms with Gasteiger partial charge in [0.15, 0.2) is 5.16 Å². The summed E-state index contributed by atoms with van der Waals surface area (Å²) in [5.74, 6) is 1.77. The molecule has 1 unspecified atom stereocenters. The Hall–Kier alpha value is -2.48. The molecule has 1 amide bonds. The van der Waals surface area contributed by atoms with Gasteiger partial charge >= 0.3 is 0 Å². The molecule has 1 aliphatic rings. The highest BCUT2D eigenvalue weighted by molar-refractivity contribution is 7.99. The summed E-state index contributed by atoms with van der Waals surface area (Å²) in [6.45, 7) is 2.05. The Morgan fingerprint density at radius 1 is 1.27 bits per heavy atom. The molecular weight excluding hydrogens is 354 g/mol. The monoisotopic (exact) mass is 375 g/mol. The van der Waals surface area contributed by atoms with Crippen molar-refractivity contribution in [2.75, 3.05) is 25.3 Å². The lowest BCUT2D eigenvalue weighted by atomic mass is 9.86. The third-order valence-electron chi connectivity index (χ3n) is 4.19. The van der Waals surface area contributed by atoms with Crippen LogP contribution in [0.2, 0.25) is 0 Å². The number of rotatable bonds is 6. The number of carbonyl (C=O) groups excluding carboxylic acids is 1. The van der Waals surface area contributed by atoms with Crippen molar-refractivity contribution in [1.82, 2.24) is 9.97 Å². The van der Waals surface area contributed by atoms with Crippen LogP contribution in [0.1, 0.15) is 36.8 Å². The van der Waals surface area contributed by atoms with Crippen LogP contribution in [0.15, 0.2) is 28.2 Å². The Morgan fingerprint density at radius 2 is 2.08 bits per heavy atom. The Bertz CT molecular complexity index is 881. The third kappa shape index (κ3) is 3.55. The molecule has 1 aromatic heterocycles. The number of methoxy groups -OCH3 is 2. The van der Waals surface area contributed by atoms with Crippen LogP contribution in [0.4, 0.5) is 5.82 Å². The van der Waals surface area contributed by atoms with E-state index in [-0.39, 0.29) is 17.9 Å². The van der Waals surface area contributed by atoms with Crippen molar-refractivity contribution < 1.29 is 14.3 Å². The Morgan fingerprint density at radius 3 is 2.77 bits per heavy atom. The van der Waals surface area contributed by atoms with Crippen LogP contribution in [0.3, 0.4) is 0 Å². The summed E-state index contributed by atoms with van der Waals surface area (Å²) in [5, 5.41) is 3.24. The summed E-state index contributed by atoms with van der Waals surface area (Å²) in [4.78, 5) is 32.2. The summed E-state index contributed by atoms with van der Waals surface area (Å²) >= 11 is 1.46. The van der Waals surface area contributed by atoms with Crippen LogP contribution in [-0.2, 0) is 4.79 Å². The van der Waals surface area contributed by atoms with Crippen molar-refractivity contribution >= 4 is 23.5 Å². The summed E-state index contributed by atoms with van der Waals surface area (Å²) in [6, 6.07) is 5.36. The summed E-state index contributed by atoms with van der Waals surface area (Å²) in [5.41, 5.74) is 0.969. The summed E-state index contributed by atoms with van der Waals surface area (Å²) in [6.07, 6.45) is 1.12. The Kier molecular flexibility index (Phi) is 5.51. The molecule has 0 fully saturated rings. The molecule has 0 saturated carbocycles. The molecular formula is C18H21N3O4S. The predicted molar refractivity (Wildman–Crippen MR) is 101 cm³/mol. The number of carbonyl (C=O) groups is 1. The molecule has 26 heavy (non-hydrogen) atoms. The quantitative estimate of drug-likeness (QED) is 0.596. The number of hydrogen-bond donors (Lipinski definition) is 2. The SMILES string of the molecule is CCCSc1nc2c(c(=O)[nH]1)C(c1ccc(OC)cc1OC)CC(=O)N2. The first-order valence-electron chi connectivity index (χ1n) is 8.36. The Balaban J connectivity index is 2.09. The van der Waals surface area contributed by atoms with E-state index in [4.69, 9.17) is 9.47 Å². The molecule has 0 radical (unpaired) electrons. The van der Waals surface area contributed by atoms with E-state index < -0.39 is 5.92 Å². The number of nitrogens with one attached hydrogen (secondary N) is 2. The molecule has 8 heteroatoms. The maximum atomic E-state index is 12.7. The summed E-state index contributed by atoms with van der Waals surface area (Å²) in [7, 11) is 3.12. The number of anilines is 1. The highest BCUT2D eigenvalue weighted by Crippen LogP contribution is 2.39. The predicted octanol–water partition coefficient (Wildman–Crippen LogP) is 2.76. The lowest BCUT2D eigenvalue weighted by molar-refractivity contribution is -0.116. The Labute approximate surface area is 155 Å². The summed E-state index contributed by atoms with van der Waals surface area (Å²) < 4.78 is 10.7. The van der Waals surface area contributed by atoms with E-state index in [0.29, 0.717) is 28.0 Å². The molecule has 1 aromatic carbocycles. The number of H-pyrrole nitrogens is 1. The van der Waals surface area contributed by atoms with E-state index in [1.54, 1.807) is 26.4 Å². The van der Waals surface area contributed by atoms with Gasteiger partial charge in [0.25, 0.3) is 5.56 Å². The average molecular weight is 375 g/mol. The van der Waals surface area contributed by atoms with Gasteiger partial charge in [0.05, 0.1) is 19.8 Å². The van der Waals surface area contributed by atoms with Crippen LogP contribution in [0.5, 0.6) is 11.5 Å². The van der Waals surface area contributed by atoms with Gasteiger partial charge in [-0.05, 0) is 12.5 Å². The van der Waals surface area contributed by atoms with E-state index in [1.807, 2.05) is 6.07 Å². The van der Waals surface area contributed by atoms with Crippen LogP contribution in [0.25, 0.3) is 0 Å². The maximum Gasteiger partial charge on any atom is 0.257 e. The first kappa shape index (κ1) is 18.3. The molecule has 3 rings (SSSR count). The molecule has 138 valence electrons. The number of ether oxygens (including phenoxy) is 2. The number of benzene rings is 1. The lowest BCUT2D eigenvalue weighted by Crippen LogP contribution is -2.31. The minimum Gasteiger partial charge on any atom is -0.497 e. The van der Waals surface area contributed by atoms with Crippen LogP contribution in [-0.4, -0.2) is 35.8 Å². The molecule has 0 saturated heterocycles. The van der Waals surface area contributed by atoms with Crippen molar-refractivity contribution in [3.63, 3.8) is 0 Å². The number of amides is 1. The molecule has 1 atom stereocenters. The standard InChI is InChI=1S/C18H21N3O4S/c1-4-7-26-18-20-16-15(17(23)21-18)12(9-14(22)19-16)11-6-5-10(24-2)8-13(11)25-3/h5-6,8,12H,4,7,9H2,1-3H3,(H2,19,20,21,22,23). The minimum absolute atomic E-state index is 0.155.